The molecule has 0 spiro atoms. The maximum Gasteiger partial charge on any atom is 0.240 e. The van der Waals surface area contributed by atoms with Crippen LogP contribution in [-0.4, -0.2) is 20.7 Å². The van der Waals surface area contributed by atoms with Crippen LogP contribution in [0.2, 0.25) is 10.0 Å². The van der Waals surface area contributed by atoms with Crippen molar-refractivity contribution in [2.75, 3.05) is 12.3 Å². The van der Waals surface area contributed by atoms with E-state index >= 15 is 0 Å². The highest BCUT2D eigenvalue weighted by atomic mass is 35.5. The summed E-state index contributed by atoms with van der Waals surface area (Å²) in [4.78, 5) is 0.219. The Balaban J connectivity index is 1.77. The topological polar surface area (TPSA) is 46.2 Å². The van der Waals surface area contributed by atoms with Crippen LogP contribution in [0.5, 0.6) is 0 Å². The number of thioether (sulfide) groups is 1. The van der Waals surface area contributed by atoms with Gasteiger partial charge in [0.25, 0.3) is 0 Å². The minimum Gasteiger partial charge on any atom is -0.210 e. The summed E-state index contributed by atoms with van der Waals surface area (Å²) in [5.74, 6) is 1.47. The molecule has 0 aliphatic rings. The van der Waals surface area contributed by atoms with Crippen molar-refractivity contribution < 1.29 is 8.42 Å². The number of hydrogen-bond acceptors (Lipinski definition) is 3. The molecule has 118 valence electrons. The molecular weight excluding hydrogens is 361 g/mol. The summed E-state index contributed by atoms with van der Waals surface area (Å²) in [7, 11) is -3.47. The Labute approximate surface area is 145 Å². The first-order valence-electron chi connectivity index (χ1n) is 6.55. The summed E-state index contributed by atoms with van der Waals surface area (Å²) in [6.07, 6.45) is 0. The van der Waals surface area contributed by atoms with Crippen molar-refractivity contribution in [3.63, 3.8) is 0 Å². The van der Waals surface area contributed by atoms with Gasteiger partial charge in [-0.3, -0.25) is 0 Å². The number of benzene rings is 2. The first-order chi connectivity index (χ1) is 10.5. The molecule has 1 N–H and O–H groups in total. The van der Waals surface area contributed by atoms with Crippen molar-refractivity contribution in [1.29, 1.82) is 0 Å². The zero-order chi connectivity index (χ0) is 16.0. The van der Waals surface area contributed by atoms with E-state index in [2.05, 4.69) is 4.72 Å². The van der Waals surface area contributed by atoms with Gasteiger partial charge in [-0.05, 0) is 42.0 Å². The summed E-state index contributed by atoms with van der Waals surface area (Å²) < 4.78 is 26.7. The van der Waals surface area contributed by atoms with Gasteiger partial charge in [-0.15, -0.1) is 0 Å². The van der Waals surface area contributed by atoms with E-state index in [1.807, 2.05) is 24.3 Å². The number of sulfonamides is 1. The molecule has 0 saturated heterocycles. The van der Waals surface area contributed by atoms with Gasteiger partial charge in [0.1, 0.15) is 0 Å². The van der Waals surface area contributed by atoms with Gasteiger partial charge in [0.05, 0.1) is 4.90 Å². The van der Waals surface area contributed by atoms with Crippen LogP contribution in [0.3, 0.4) is 0 Å². The lowest BCUT2D eigenvalue weighted by molar-refractivity contribution is 0.584. The largest absolute Gasteiger partial charge is 0.240 e. The highest BCUT2D eigenvalue weighted by Gasteiger charge is 2.12. The number of rotatable bonds is 7. The molecule has 2 rings (SSSR count). The fraction of sp³-hybridized carbons (Fsp3) is 0.200. The molecule has 0 heterocycles. The third kappa shape index (κ3) is 5.48. The Hall–Kier alpha value is -0.720. The van der Waals surface area contributed by atoms with Crippen LogP contribution in [0.25, 0.3) is 0 Å². The molecule has 2 aromatic carbocycles. The standard InChI is InChI=1S/C15H15Cl2NO2S2/c16-13-4-6-15(7-5-13)22(19,20)18-8-9-21-11-12-2-1-3-14(17)10-12/h1-7,10,18H,8-9,11H2. The molecule has 0 aromatic heterocycles. The van der Waals surface area contributed by atoms with Gasteiger partial charge < -0.3 is 0 Å². The van der Waals surface area contributed by atoms with Gasteiger partial charge in [-0.1, -0.05) is 35.3 Å². The van der Waals surface area contributed by atoms with Crippen LogP contribution >= 0.6 is 35.0 Å². The van der Waals surface area contributed by atoms with Crippen LogP contribution in [0, 0.1) is 0 Å². The van der Waals surface area contributed by atoms with Crippen molar-refractivity contribution in [2.24, 2.45) is 0 Å². The fourth-order valence-corrected chi connectivity index (χ4v) is 4.07. The average Bonchev–Trinajstić information content (AvgIpc) is 2.47. The Kier molecular flexibility index (Phi) is 6.59. The zero-order valence-corrected chi connectivity index (χ0v) is 14.8. The minimum atomic E-state index is -3.47. The van der Waals surface area contributed by atoms with Crippen molar-refractivity contribution >= 4 is 45.0 Å². The summed E-state index contributed by atoms with van der Waals surface area (Å²) in [5.41, 5.74) is 1.12. The summed E-state index contributed by atoms with van der Waals surface area (Å²) in [5, 5.41) is 1.22. The van der Waals surface area contributed by atoms with E-state index in [1.165, 1.54) is 12.1 Å². The van der Waals surface area contributed by atoms with E-state index in [1.54, 1.807) is 23.9 Å². The molecule has 0 aliphatic heterocycles. The molecule has 0 aliphatic carbocycles. The van der Waals surface area contributed by atoms with E-state index in [0.717, 1.165) is 11.3 Å². The average molecular weight is 376 g/mol. The zero-order valence-electron chi connectivity index (χ0n) is 11.6. The van der Waals surface area contributed by atoms with Crippen LogP contribution in [0.15, 0.2) is 53.4 Å². The Morgan fingerprint density at radius 2 is 1.73 bits per heavy atom. The van der Waals surface area contributed by atoms with E-state index in [4.69, 9.17) is 23.2 Å². The lowest BCUT2D eigenvalue weighted by Crippen LogP contribution is -2.26. The second-order valence-corrected chi connectivity index (χ2v) is 8.28. The second-order valence-electron chi connectivity index (χ2n) is 4.53. The van der Waals surface area contributed by atoms with Crippen molar-refractivity contribution in [1.82, 2.24) is 4.72 Å². The lowest BCUT2D eigenvalue weighted by Gasteiger charge is -2.07. The Morgan fingerprint density at radius 1 is 1.00 bits per heavy atom. The third-order valence-corrected chi connectivity index (χ3v) is 5.81. The lowest BCUT2D eigenvalue weighted by atomic mass is 10.2. The van der Waals surface area contributed by atoms with Gasteiger partial charge in [0.2, 0.25) is 10.0 Å². The highest BCUT2D eigenvalue weighted by Crippen LogP contribution is 2.17. The molecule has 0 atom stereocenters. The van der Waals surface area contributed by atoms with Gasteiger partial charge in [0, 0.05) is 28.1 Å². The van der Waals surface area contributed by atoms with Crippen LogP contribution < -0.4 is 4.72 Å². The van der Waals surface area contributed by atoms with Crippen LogP contribution in [-0.2, 0) is 15.8 Å². The number of hydrogen-bond donors (Lipinski definition) is 1. The third-order valence-electron chi connectivity index (χ3n) is 2.82. The monoisotopic (exact) mass is 375 g/mol. The Morgan fingerprint density at radius 3 is 2.41 bits per heavy atom. The smallest absolute Gasteiger partial charge is 0.210 e. The number of halogens is 2. The van der Waals surface area contributed by atoms with Crippen LogP contribution in [0.1, 0.15) is 5.56 Å². The second kappa shape index (κ2) is 8.22. The normalized spacial score (nSPS) is 11.5. The maximum atomic E-state index is 12.0. The highest BCUT2D eigenvalue weighted by molar-refractivity contribution is 7.98. The van der Waals surface area contributed by atoms with Crippen LogP contribution in [0.4, 0.5) is 0 Å². The minimum absolute atomic E-state index is 0.219. The Bertz CT molecular complexity index is 719. The summed E-state index contributed by atoms with van der Waals surface area (Å²) in [6.45, 7) is 0.371. The van der Waals surface area contributed by atoms with Gasteiger partial charge in [-0.25, -0.2) is 13.1 Å². The van der Waals surface area contributed by atoms with Crippen molar-refractivity contribution in [2.45, 2.75) is 10.6 Å². The molecule has 0 amide bonds. The molecule has 0 fully saturated rings. The van der Waals surface area contributed by atoms with E-state index in [0.29, 0.717) is 22.3 Å². The summed E-state index contributed by atoms with van der Waals surface area (Å²) >= 11 is 13.3. The van der Waals surface area contributed by atoms with Gasteiger partial charge in [-0.2, -0.15) is 11.8 Å². The molecular formula is C15H15Cl2NO2S2. The maximum absolute atomic E-state index is 12.0. The predicted octanol–water partition coefficient (Wildman–Crippen LogP) is 4.21. The van der Waals surface area contributed by atoms with Crippen molar-refractivity contribution in [3.8, 4) is 0 Å². The molecule has 0 unspecified atom stereocenters. The van der Waals surface area contributed by atoms with Gasteiger partial charge >= 0.3 is 0 Å². The molecule has 2 aromatic rings. The molecule has 0 radical (unpaired) electrons. The molecule has 0 bridgehead atoms. The molecule has 7 heteroatoms. The van der Waals surface area contributed by atoms with E-state index < -0.39 is 10.0 Å². The SMILES string of the molecule is O=S(=O)(NCCSCc1cccc(Cl)c1)c1ccc(Cl)cc1. The molecule has 3 nitrogen and oxygen atoms in total. The molecule has 22 heavy (non-hydrogen) atoms. The number of nitrogens with one attached hydrogen (secondary N) is 1. The van der Waals surface area contributed by atoms with E-state index in [-0.39, 0.29) is 4.90 Å². The van der Waals surface area contributed by atoms with Crippen molar-refractivity contribution in [3.05, 3.63) is 64.1 Å². The molecule has 0 saturated carbocycles. The summed E-state index contributed by atoms with van der Waals surface area (Å²) in [6, 6.07) is 13.7. The predicted molar refractivity (Wildman–Crippen MR) is 94.3 cm³/mol. The van der Waals surface area contributed by atoms with E-state index in [9.17, 15) is 8.42 Å². The first-order valence-corrected chi connectivity index (χ1v) is 9.94. The fourth-order valence-electron chi connectivity index (χ4n) is 1.76. The first kappa shape index (κ1) is 17.6. The quantitative estimate of drug-likeness (QED) is 0.737. The van der Waals surface area contributed by atoms with Gasteiger partial charge in [0.15, 0.2) is 0 Å².